The van der Waals surface area contributed by atoms with Gasteiger partial charge in [-0.15, -0.1) is 0 Å². The van der Waals surface area contributed by atoms with E-state index in [-0.39, 0.29) is 18.4 Å². The van der Waals surface area contributed by atoms with Crippen LogP contribution in [-0.4, -0.2) is 60.5 Å². The Morgan fingerprint density at radius 2 is 2.12 bits per heavy atom. The summed E-state index contributed by atoms with van der Waals surface area (Å²) in [7, 11) is 0. The van der Waals surface area contributed by atoms with Gasteiger partial charge in [0.05, 0.1) is 11.5 Å². The third kappa shape index (κ3) is 6.23. The van der Waals surface area contributed by atoms with Crippen molar-refractivity contribution >= 4 is 17.7 Å². The summed E-state index contributed by atoms with van der Waals surface area (Å²) in [5, 5.41) is 15.6. The Labute approximate surface area is 195 Å². The minimum absolute atomic E-state index is 0.186. The summed E-state index contributed by atoms with van der Waals surface area (Å²) in [5.41, 5.74) is 1.90. The van der Waals surface area contributed by atoms with Crippen molar-refractivity contribution in [3.05, 3.63) is 23.4 Å². The Morgan fingerprint density at radius 3 is 2.88 bits per heavy atom. The summed E-state index contributed by atoms with van der Waals surface area (Å²) in [6, 6.07) is 3.44. The van der Waals surface area contributed by atoms with Gasteiger partial charge in [-0.2, -0.15) is 0 Å². The van der Waals surface area contributed by atoms with Gasteiger partial charge in [-0.25, -0.2) is 9.78 Å². The van der Waals surface area contributed by atoms with Crippen LogP contribution in [-0.2, 0) is 31.9 Å². The second-order valence-electron chi connectivity index (χ2n) is 10.0. The normalized spacial score (nSPS) is 24.6. The molecule has 1 aliphatic carbocycles. The molecule has 4 rings (SSSR count). The molecular weight excluding hydrogens is 422 g/mol. The summed E-state index contributed by atoms with van der Waals surface area (Å²) < 4.78 is 11.2. The first-order valence-electron chi connectivity index (χ1n) is 12.4. The van der Waals surface area contributed by atoms with Gasteiger partial charge in [0.25, 0.3) is 0 Å². The number of hydrogen-bond acceptors (Lipinski definition) is 6. The van der Waals surface area contributed by atoms with Gasteiger partial charge in [-0.3, -0.25) is 4.79 Å². The van der Waals surface area contributed by atoms with Gasteiger partial charge in [0.1, 0.15) is 11.9 Å². The highest BCUT2D eigenvalue weighted by Crippen LogP contribution is 2.34. The summed E-state index contributed by atoms with van der Waals surface area (Å²) in [6.45, 7) is 4.29. The van der Waals surface area contributed by atoms with E-state index in [0.29, 0.717) is 38.6 Å². The predicted molar refractivity (Wildman–Crippen MR) is 124 cm³/mol. The zero-order valence-electron chi connectivity index (χ0n) is 19.6. The van der Waals surface area contributed by atoms with E-state index in [1.165, 1.54) is 12.0 Å². The standard InChI is InChI=1S/C25H37N3O5/c1-25(9-13-32-14-10-25)24(31)28-21(23(29)30)8-12-33-20-15-17(16-20)4-6-19-7-5-18-3-2-11-26-22(18)27-19/h5,7,17,20-21H,2-4,6,8-16H2,1H3,(H,26,27)(H,28,31)(H,29,30)/t17-,20+,21-/m0/s1. The lowest BCUT2D eigenvalue weighted by Gasteiger charge is -2.36. The van der Waals surface area contributed by atoms with Crippen LogP contribution >= 0.6 is 0 Å². The first kappa shape index (κ1) is 24.0. The first-order valence-corrected chi connectivity index (χ1v) is 12.4. The van der Waals surface area contributed by atoms with Gasteiger partial charge in [0.15, 0.2) is 0 Å². The number of carboxylic acids is 1. The number of hydrogen-bond donors (Lipinski definition) is 3. The summed E-state index contributed by atoms with van der Waals surface area (Å²) >= 11 is 0. The lowest BCUT2D eigenvalue weighted by Crippen LogP contribution is -2.49. The van der Waals surface area contributed by atoms with Crippen molar-refractivity contribution in [2.45, 2.75) is 76.9 Å². The second-order valence-corrected chi connectivity index (χ2v) is 10.0. The highest BCUT2D eigenvalue weighted by atomic mass is 16.5. The molecule has 182 valence electrons. The molecule has 1 saturated heterocycles. The quantitative estimate of drug-likeness (QED) is 0.493. The molecule has 3 N–H and O–H groups in total. The third-order valence-corrected chi connectivity index (χ3v) is 7.46. The van der Waals surface area contributed by atoms with Crippen LogP contribution < -0.4 is 10.6 Å². The van der Waals surface area contributed by atoms with Crippen LogP contribution in [0.15, 0.2) is 12.1 Å². The molecule has 0 spiro atoms. The fraction of sp³-hybridized carbons (Fsp3) is 0.720. The van der Waals surface area contributed by atoms with E-state index in [1.54, 1.807) is 0 Å². The van der Waals surface area contributed by atoms with E-state index in [1.807, 2.05) is 6.92 Å². The minimum atomic E-state index is -1.01. The average Bonchev–Trinajstić information content (AvgIpc) is 2.79. The molecule has 33 heavy (non-hydrogen) atoms. The van der Waals surface area contributed by atoms with Crippen LogP contribution in [0.2, 0.25) is 0 Å². The van der Waals surface area contributed by atoms with Crippen molar-refractivity contribution in [1.29, 1.82) is 0 Å². The Hall–Kier alpha value is -2.19. The number of ether oxygens (including phenoxy) is 2. The number of carboxylic acid groups (broad SMARTS) is 1. The smallest absolute Gasteiger partial charge is 0.326 e. The van der Waals surface area contributed by atoms with E-state index in [4.69, 9.17) is 14.5 Å². The number of fused-ring (bicyclic) bond motifs is 1. The highest BCUT2D eigenvalue weighted by Gasteiger charge is 2.37. The SMILES string of the molecule is CC1(C(=O)N[C@@H](CCO[C@H]2C[C@@H](CCc3ccc4c(n3)NCCC4)C2)C(=O)O)CCOCC1. The number of aliphatic carboxylic acids is 1. The fourth-order valence-electron chi connectivity index (χ4n) is 4.90. The molecule has 1 amide bonds. The molecule has 1 aromatic rings. The molecule has 0 aromatic carbocycles. The summed E-state index contributed by atoms with van der Waals surface area (Å²) in [6.07, 6.45) is 8.06. The highest BCUT2D eigenvalue weighted by molar-refractivity contribution is 5.87. The van der Waals surface area contributed by atoms with Gasteiger partial charge in [-0.1, -0.05) is 13.0 Å². The Balaban J connectivity index is 1.13. The van der Waals surface area contributed by atoms with E-state index >= 15 is 0 Å². The zero-order chi connectivity index (χ0) is 23.3. The lowest BCUT2D eigenvalue weighted by molar-refractivity contribution is -0.146. The van der Waals surface area contributed by atoms with Crippen LogP contribution in [0.1, 0.15) is 63.1 Å². The number of carbonyl (C=O) groups excluding carboxylic acids is 1. The van der Waals surface area contributed by atoms with Gasteiger partial charge < -0.3 is 25.2 Å². The number of nitrogens with one attached hydrogen (secondary N) is 2. The first-order chi connectivity index (χ1) is 15.9. The fourth-order valence-corrected chi connectivity index (χ4v) is 4.90. The molecule has 8 nitrogen and oxygen atoms in total. The molecule has 3 aliphatic rings. The molecule has 2 aliphatic heterocycles. The molecule has 2 fully saturated rings. The zero-order valence-corrected chi connectivity index (χ0v) is 19.6. The van der Waals surface area contributed by atoms with Gasteiger partial charge >= 0.3 is 5.97 Å². The maximum Gasteiger partial charge on any atom is 0.326 e. The molecule has 1 atom stereocenters. The molecule has 0 radical (unpaired) electrons. The second kappa shape index (κ2) is 10.8. The number of rotatable bonds is 10. The van der Waals surface area contributed by atoms with E-state index in [0.717, 1.165) is 50.2 Å². The number of nitrogens with zero attached hydrogens (tertiary/aromatic N) is 1. The average molecular weight is 460 g/mol. The maximum absolute atomic E-state index is 12.6. The summed E-state index contributed by atoms with van der Waals surface area (Å²) in [5.74, 6) is 0.470. The molecule has 1 saturated carbocycles. The van der Waals surface area contributed by atoms with Crippen molar-refractivity contribution in [3.63, 3.8) is 0 Å². The summed E-state index contributed by atoms with van der Waals surface area (Å²) in [4.78, 5) is 29.0. The van der Waals surface area contributed by atoms with Crippen molar-refractivity contribution in [1.82, 2.24) is 10.3 Å². The van der Waals surface area contributed by atoms with Gasteiger partial charge in [0, 0.05) is 38.5 Å². The van der Waals surface area contributed by atoms with Crippen LogP contribution in [0, 0.1) is 11.3 Å². The molecule has 8 heteroatoms. The van der Waals surface area contributed by atoms with Crippen LogP contribution in [0.25, 0.3) is 0 Å². The topological polar surface area (TPSA) is 110 Å². The van der Waals surface area contributed by atoms with E-state index in [2.05, 4.69) is 22.8 Å². The Morgan fingerprint density at radius 1 is 1.33 bits per heavy atom. The number of carbonyl (C=O) groups is 2. The Bertz CT molecular complexity index is 833. The van der Waals surface area contributed by atoms with E-state index < -0.39 is 17.4 Å². The molecular formula is C25H37N3O5. The lowest BCUT2D eigenvalue weighted by atomic mass is 9.79. The van der Waals surface area contributed by atoms with Crippen LogP contribution in [0.3, 0.4) is 0 Å². The number of aromatic nitrogens is 1. The predicted octanol–water partition coefficient (Wildman–Crippen LogP) is 2.94. The monoisotopic (exact) mass is 459 g/mol. The van der Waals surface area contributed by atoms with Crippen molar-refractivity contribution in [2.75, 3.05) is 31.7 Å². The number of amides is 1. The molecule has 0 unspecified atom stereocenters. The maximum atomic E-state index is 12.6. The molecule has 0 bridgehead atoms. The van der Waals surface area contributed by atoms with Crippen LogP contribution in [0.5, 0.6) is 0 Å². The largest absolute Gasteiger partial charge is 0.480 e. The van der Waals surface area contributed by atoms with E-state index in [9.17, 15) is 14.7 Å². The molecule has 3 heterocycles. The minimum Gasteiger partial charge on any atom is -0.480 e. The van der Waals surface area contributed by atoms with Gasteiger partial charge in [-0.05, 0) is 68.9 Å². The van der Waals surface area contributed by atoms with Crippen molar-refractivity contribution in [2.24, 2.45) is 11.3 Å². The number of anilines is 1. The number of aryl methyl sites for hydroxylation is 2. The number of pyridine rings is 1. The Kier molecular flexibility index (Phi) is 7.86. The van der Waals surface area contributed by atoms with Crippen molar-refractivity contribution < 1.29 is 24.2 Å². The van der Waals surface area contributed by atoms with Crippen LogP contribution in [0.4, 0.5) is 5.82 Å². The third-order valence-electron chi connectivity index (χ3n) is 7.46. The molecule has 1 aromatic heterocycles. The van der Waals surface area contributed by atoms with Gasteiger partial charge in [0.2, 0.25) is 5.91 Å². The van der Waals surface area contributed by atoms with Crippen molar-refractivity contribution in [3.8, 4) is 0 Å².